The van der Waals surface area contributed by atoms with Crippen molar-refractivity contribution in [3.8, 4) is 0 Å². The quantitative estimate of drug-likeness (QED) is 0.611. The molecule has 0 spiro atoms. The maximum atomic E-state index is 5.93. The molecule has 0 radical (unpaired) electrons. The Hall–Kier alpha value is -3.00. The van der Waals surface area contributed by atoms with Gasteiger partial charge in [-0.3, -0.25) is 0 Å². The van der Waals surface area contributed by atoms with Gasteiger partial charge < -0.3 is 10.1 Å². The van der Waals surface area contributed by atoms with Gasteiger partial charge in [-0.15, -0.1) is 5.10 Å². The highest BCUT2D eigenvalue weighted by Gasteiger charge is 2.20. The first-order valence-corrected chi connectivity index (χ1v) is 8.82. The zero-order valence-electron chi connectivity index (χ0n) is 14.5. The first-order valence-electron chi connectivity index (χ1n) is 8.82. The van der Waals surface area contributed by atoms with Crippen LogP contribution >= 0.6 is 0 Å². The van der Waals surface area contributed by atoms with E-state index in [1.54, 1.807) is 17.0 Å². The zero-order valence-corrected chi connectivity index (χ0v) is 14.5. The Labute approximate surface area is 149 Å². The van der Waals surface area contributed by atoms with E-state index in [1.165, 1.54) is 6.42 Å². The fourth-order valence-corrected chi connectivity index (χ4v) is 3.44. The predicted octanol–water partition coefficient (Wildman–Crippen LogP) is 3.23. The minimum atomic E-state index is 0.00888. The lowest BCUT2D eigenvalue weighted by Crippen LogP contribution is -2.19. The molecule has 1 fully saturated rings. The number of fused-ring (bicyclic) bond motifs is 2. The van der Waals surface area contributed by atoms with Crippen molar-refractivity contribution in [3.05, 3.63) is 42.5 Å². The van der Waals surface area contributed by atoms with Crippen LogP contribution in [0.15, 0.2) is 36.8 Å². The molecule has 1 aliphatic rings. The molecule has 0 amide bonds. The van der Waals surface area contributed by atoms with Gasteiger partial charge in [-0.05, 0) is 44.4 Å². The number of rotatable bonds is 3. The van der Waals surface area contributed by atoms with E-state index in [9.17, 15) is 0 Å². The van der Waals surface area contributed by atoms with Crippen molar-refractivity contribution in [2.75, 3.05) is 11.9 Å². The molecule has 4 heterocycles. The number of hydrogen-bond acceptors (Lipinski definition) is 6. The average Bonchev–Trinajstić information content (AvgIpc) is 3.23. The lowest BCUT2D eigenvalue weighted by Gasteiger charge is -2.23. The third-order valence-corrected chi connectivity index (χ3v) is 4.72. The second-order valence-electron chi connectivity index (χ2n) is 6.53. The second kappa shape index (κ2) is 6.06. The van der Waals surface area contributed by atoms with E-state index in [4.69, 9.17) is 9.84 Å². The number of aryl methyl sites for hydroxylation is 1. The molecule has 0 bridgehead atoms. The van der Waals surface area contributed by atoms with Crippen molar-refractivity contribution in [1.82, 2.24) is 29.4 Å². The number of nitrogens with one attached hydrogen (secondary N) is 1. The summed E-state index contributed by atoms with van der Waals surface area (Å²) in [6, 6.07) is 8.00. The number of aromatic nitrogens is 6. The Morgan fingerprint density at radius 2 is 2.15 bits per heavy atom. The number of hydrogen-bond donors (Lipinski definition) is 1. The molecule has 1 N–H and O–H groups in total. The van der Waals surface area contributed by atoms with E-state index in [1.807, 2.05) is 23.7 Å². The average molecular weight is 349 g/mol. The second-order valence-corrected chi connectivity index (χ2v) is 6.53. The number of nitrogens with zero attached hydrogens (tertiary/aromatic N) is 6. The molecule has 0 saturated carbocycles. The minimum Gasteiger partial charge on any atom is -0.356 e. The third kappa shape index (κ3) is 2.59. The molecule has 4 aromatic rings. The summed E-state index contributed by atoms with van der Waals surface area (Å²) in [6.07, 6.45) is 6.63. The van der Waals surface area contributed by atoms with Crippen LogP contribution in [-0.2, 0) is 4.74 Å². The van der Waals surface area contributed by atoms with Crippen LogP contribution in [0, 0.1) is 6.92 Å². The Morgan fingerprint density at radius 3 is 3.00 bits per heavy atom. The number of benzene rings is 1. The van der Waals surface area contributed by atoms with E-state index in [0.717, 1.165) is 47.4 Å². The Bertz CT molecular complexity index is 1040. The van der Waals surface area contributed by atoms with Gasteiger partial charge in [-0.1, -0.05) is 0 Å². The van der Waals surface area contributed by atoms with Crippen LogP contribution in [0.3, 0.4) is 0 Å². The summed E-state index contributed by atoms with van der Waals surface area (Å²) in [7, 11) is 0. The van der Waals surface area contributed by atoms with Gasteiger partial charge in [0, 0.05) is 29.9 Å². The smallest absolute Gasteiger partial charge is 0.247 e. The normalized spacial score (nSPS) is 17.8. The summed E-state index contributed by atoms with van der Waals surface area (Å²) in [5.74, 6) is 0.536. The fourth-order valence-electron chi connectivity index (χ4n) is 3.44. The monoisotopic (exact) mass is 349 g/mol. The van der Waals surface area contributed by atoms with Crippen molar-refractivity contribution in [2.45, 2.75) is 32.4 Å². The maximum Gasteiger partial charge on any atom is 0.247 e. The summed E-state index contributed by atoms with van der Waals surface area (Å²) in [5, 5.41) is 13.5. The first kappa shape index (κ1) is 15.3. The van der Waals surface area contributed by atoms with Crippen molar-refractivity contribution >= 4 is 28.2 Å². The molecule has 1 aromatic carbocycles. The number of anilines is 2. The highest BCUT2D eigenvalue weighted by atomic mass is 16.5. The van der Waals surface area contributed by atoms with Gasteiger partial charge in [0.25, 0.3) is 0 Å². The highest BCUT2D eigenvalue weighted by Crippen LogP contribution is 2.30. The van der Waals surface area contributed by atoms with E-state index in [0.29, 0.717) is 5.95 Å². The number of ether oxygens (including phenoxy) is 1. The van der Waals surface area contributed by atoms with Crippen molar-refractivity contribution in [2.24, 2.45) is 0 Å². The van der Waals surface area contributed by atoms with Crippen LogP contribution in [0.2, 0.25) is 0 Å². The predicted molar refractivity (Wildman–Crippen MR) is 97.4 cm³/mol. The summed E-state index contributed by atoms with van der Waals surface area (Å²) < 4.78 is 9.58. The molecule has 1 saturated heterocycles. The van der Waals surface area contributed by atoms with Crippen molar-refractivity contribution < 1.29 is 4.74 Å². The lowest BCUT2D eigenvalue weighted by atomic mass is 10.1. The Balaban J connectivity index is 1.52. The van der Waals surface area contributed by atoms with Crippen LogP contribution in [0.5, 0.6) is 0 Å². The van der Waals surface area contributed by atoms with E-state index >= 15 is 0 Å². The van der Waals surface area contributed by atoms with Gasteiger partial charge in [-0.2, -0.15) is 10.1 Å². The molecule has 0 aliphatic carbocycles. The zero-order chi connectivity index (χ0) is 17.5. The standard InChI is InChI=1S/C18H19N7O/c1-12-14-6-5-13(20-18-21-16-7-8-19-11-24(16)23-18)10-15(14)25(22-12)17-4-2-3-9-26-17/h5-8,10-11,17H,2-4,9H2,1H3,(H,20,23). The molecule has 1 unspecified atom stereocenters. The van der Waals surface area contributed by atoms with E-state index in [-0.39, 0.29) is 6.23 Å². The maximum absolute atomic E-state index is 5.93. The van der Waals surface area contributed by atoms with Crippen LogP contribution in [0.1, 0.15) is 31.2 Å². The molecule has 1 atom stereocenters. The van der Waals surface area contributed by atoms with Gasteiger partial charge in [0.05, 0.1) is 11.2 Å². The molecule has 26 heavy (non-hydrogen) atoms. The molecular formula is C18H19N7O. The Morgan fingerprint density at radius 1 is 1.19 bits per heavy atom. The summed E-state index contributed by atoms with van der Waals surface area (Å²) >= 11 is 0. The summed E-state index contributed by atoms with van der Waals surface area (Å²) in [5.41, 5.74) is 3.74. The minimum absolute atomic E-state index is 0.00888. The van der Waals surface area contributed by atoms with Gasteiger partial charge >= 0.3 is 0 Å². The first-order chi connectivity index (χ1) is 12.8. The van der Waals surface area contributed by atoms with Crippen molar-refractivity contribution in [3.63, 3.8) is 0 Å². The topological polar surface area (TPSA) is 82.2 Å². The SMILES string of the molecule is Cc1nn(C2CCCCO2)c2cc(Nc3nc4ccncn4n3)ccc12. The highest BCUT2D eigenvalue weighted by molar-refractivity contribution is 5.85. The van der Waals surface area contributed by atoms with Gasteiger partial charge in [0.1, 0.15) is 6.33 Å². The van der Waals surface area contributed by atoms with Crippen LogP contribution in [0.4, 0.5) is 11.6 Å². The van der Waals surface area contributed by atoms with E-state index < -0.39 is 0 Å². The van der Waals surface area contributed by atoms with Crippen LogP contribution in [0.25, 0.3) is 16.6 Å². The van der Waals surface area contributed by atoms with Gasteiger partial charge in [0.2, 0.25) is 5.95 Å². The molecule has 8 heteroatoms. The summed E-state index contributed by atoms with van der Waals surface area (Å²) in [4.78, 5) is 8.51. The van der Waals surface area contributed by atoms with Crippen LogP contribution < -0.4 is 5.32 Å². The molecule has 5 rings (SSSR count). The van der Waals surface area contributed by atoms with Gasteiger partial charge in [-0.25, -0.2) is 14.2 Å². The molecule has 132 valence electrons. The largest absolute Gasteiger partial charge is 0.356 e. The Kier molecular flexibility index (Phi) is 3.56. The van der Waals surface area contributed by atoms with E-state index in [2.05, 4.69) is 32.5 Å². The summed E-state index contributed by atoms with van der Waals surface area (Å²) in [6.45, 7) is 2.83. The molecule has 1 aliphatic heterocycles. The lowest BCUT2D eigenvalue weighted by molar-refractivity contribution is -0.0368. The molecule has 8 nitrogen and oxygen atoms in total. The fraction of sp³-hybridized carbons (Fsp3) is 0.333. The molecular weight excluding hydrogens is 330 g/mol. The third-order valence-electron chi connectivity index (χ3n) is 4.72. The van der Waals surface area contributed by atoms with Gasteiger partial charge in [0.15, 0.2) is 11.9 Å². The molecule has 3 aromatic heterocycles. The van der Waals surface area contributed by atoms with Crippen molar-refractivity contribution in [1.29, 1.82) is 0 Å². The van der Waals surface area contributed by atoms with Crippen LogP contribution in [-0.4, -0.2) is 36.0 Å².